The van der Waals surface area contributed by atoms with Crippen LogP contribution in [-0.2, 0) is 6.54 Å². The van der Waals surface area contributed by atoms with Crippen molar-refractivity contribution in [2.24, 2.45) is 0 Å². The highest BCUT2D eigenvalue weighted by molar-refractivity contribution is 5.83. The number of terminal acetylenes is 1. The Bertz CT molecular complexity index is 566. The number of unbranched alkanes of at least 4 members (excludes halogenated alkanes) is 2. The minimum Gasteiger partial charge on any atom is -0.493 e. The van der Waals surface area contributed by atoms with Crippen molar-refractivity contribution >= 4 is 11.0 Å². The van der Waals surface area contributed by atoms with Crippen molar-refractivity contribution in [3.8, 4) is 18.1 Å². The average molecular weight is 257 g/mol. The fraction of sp³-hybridized carbons (Fsp3) is 0.375. The van der Waals surface area contributed by atoms with Crippen LogP contribution >= 0.6 is 0 Å². The van der Waals surface area contributed by atoms with Crippen molar-refractivity contribution in [3.63, 3.8) is 0 Å². The van der Waals surface area contributed by atoms with Crippen molar-refractivity contribution in [1.82, 2.24) is 5.32 Å². The van der Waals surface area contributed by atoms with Crippen LogP contribution in [-0.4, -0.2) is 13.7 Å². The Hall–Kier alpha value is -1.92. The first-order valence-corrected chi connectivity index (χ1v) is 6.54. The van der Waals surface area contributed by atoms with Gasteiger partial charge in [0.25, 0.3) is 0 Å². The van der Waals surface area contributed by atoms with E-state index in [1.807, 2.05) is 24.3 Å². The van der Waals surface area contributed by atoms with Crippen LogP contribution in [0.5, 0.6) is 5.75 Å². The summed E-state index contributed by atoms with van der Waals surface area (Å²) in [6.07, 6.45) is 8.22. The summed E-state index contributed by atoms with van der Waals surface area (Å²) in [5.41, 5.74) is 0.814. The first-order chi connectivity index (χ1) is 9.35. The van der Waals surface area contributed by atoms with Crippen LogP contribution in [0.15, 0.2) is 28.7 Å². The molecule has 0 fully saturated rings. The molecule has 0 spiro atoms. The van der Waals surface area contributed by atoms with Gasteiger partial charge < -0.3 is 14.5 Å². The highest BCUT2D eigenvalue weighted by Crippen LogP contribution is 2.28. The summed E-state index contributed by atoms with van der Waals surface area (Å²) in [4.78, 5) is 0. The molecule has 1 aromatic carbocycles. The second-order valence-corrected chi connectivity index (χ2v) is 4.43. The van der Waals surface area contributed by atoms with Crippen LogP contribution in [0, 0.1) is 12.3 Å². The van der Waals surface area contributed by atoms with Crippen LogP contribution in [0.1, 0.15) is 25.0 Å². The number of ether oxygens (including phenoxy) is 1. The molecule has 0 amide bonds. The van der Waals surface area contributed by atoms with Crippen molar-refractivity contribution in [2.75, 3.05) is 13.7 Å². The lowest BCUT2D eigenvalue weighted by molar-refractivity contribution is 0.406. The molecule has 0 aliphatic heterocycles. The van der Waals surface area contributed by atoms with Gasteiger partial charge in [-0.1, -0.05) is 12.1 Å². The second-order valence-electron chi connectivity index (χ2n) is 4.43. The van der Waals surface area contributed by atoms with Crippen molar-refractivity contribution < 1.29 is 9.15 Å². The highest BCUT2D eigenvalue weighted by atomic mass is 16.5. The van der Waals surface area contributed by atoms with Gasteiger partial charge in [0.15, 0.2) is 11.3 Å². The van der Waals surface area contributed by atoms with E-state index < -0.39 is 0 Å². The molecular formula is C16H19NO2. The van der Waals surface area contributed by atoms with Gasteiger partial charge in [0.1, 0.15) is 5.76 Å². The number of fused-ring (bicyclic) bond motifs is 1. The van der Waals surface area contributed by atoms with Gasteiger partial charge >= 0.3 is 0 Å². The van der Waals surface area contributed by atoms with Gasteiger partial charge in [-0.05, 0) is 31.5 Å². The van der Waals surface area contributed by atoms with E-state index in [-0.39, 0.29) is 0 Å². The summed E-state index contributed by atoms with van der Waals surface area (Å²) in [6, 6.07) is 7.95. The lowest BCUT2D eigenvalue weighted by atomic mass is 10.2. The maximum Gasteiger partial charge on any atom is 0.176 e. The Balaban J connectivity index is 1.89. The molecule has 19 heavy (non-hydrogen) atoms. The molecule has 0 atom stereocenters. The van der Waals surface area contributed by atoms with Crippen LogP contribution in [0.25, 0.3) is 11.0 Å². The molecule has 2 rings (SSSR count). The van der Waals surface area contributed by atoms with E-state index in [1.54, 1.807) is 7.11 Å². The number of rotatable bonds is 7. The Morgan fingerprint density at radius 1 is 1.37 bits per heavy atom. The molecule has 0 aliphatic carbocycles. The summed E-state index contributed by atoms with van der Waals surface area (Å²) in [5, 5.41) is 4.43. The molecule has 0 saturated carbocycles. The third-order valence-electron chi connectivity index (χ3n) is 3.00. The lowest BCUT2D eigenvalue weighted by Gasteiger charge is -2.01. The number of nitrogens with one attached hydrogen (secondary N) is 1. The Morgan fingerprint density at radius 3 is 3.05 bits per heavy atom. The zero-order chi connectivity index (χ0) is 13.5. The summed E-state index contributed by atoms with van der Waals surface area (Å²) in [6.45, 7) is 1.68. The lowest BCUT2D eigenvalue weighted by Crippen LogP contribution is -2.13. The van der Waals surface area contributed by atoms with E-state index in [0.717, 1.165) is 54.8 Å². The standard InChI is InChI=1S/C16H19NO2/c1-3-4-5-6-10-17-12-14-11-13-8-7-9-15(18-2)16(13)19-14/h1,7-9,11,17H,4-6,10,12H2,2H3. The van der Waals surface area contributed by atoms with Crippen LogP contribution in [0.4, 0.5) is 0 Å². The van der Waals surface area contributed by atoms with Gasteiger partial charge in [-0.2, -0.15) is 0 Å². The number of furan rings is 1. The van der Waals surface area contributed by atoms with Crippen molar-refractivity contribution in [1.29, 1.82) is 0 Å². The zero-order valence-electron chi connectivity index (χ0n) is 11.2. The molecule has 0 aliphatic rings. The monoisotopic (exact) mass is 257 g/mol. The molecule has 3 nitrogen and oxygen atoms in total. The van der Waals surface area contributed by atoms with Gasteiger partial charge in [-0.25, -0.2) is 0 Å². The van der Waals surface area contributed by atoms with E-state index in [9.17, 15) is 0 Å². The third-order valence-corrected chi connectivity index (χ3v) is 3.00. The van der Waals surface area contributed by atoms with E-state index >= 15 is 0 Å². The van der Waals surface area contributed by atoms with Gasteiger partial charge in [0, 0.05) is 11.8 Å². The molecule has 1 aromatic heterocycles. The number of para-hydroxylation sites is 1. The molecular weight excluding hydrogens is 238 g/mol. The normalized spacial score (nSPS) is 10.5. The Kier molecular flexibility index (Phi) is 4.88. The van der Waals surface area contributed by atoms with Crippen LogP contribution in [0.3, 0.4) is 0 Å². The molecule has 0 unspecified atom stereocenters. The first-order valence-electron chi connectivity index (χ1n) is 6.54. The first kappa shape index (κ1) is 13.5. The number of hydrogen-bond donors (Lipinski definition) is 1. The predicted octanol–water partition coefficient (Wildman–Crippen LogP) is 3.33. The maximum atomic E-state index is 5.80. The Labute approximate surface area is 113 Å². The Morgan fingerprint density at radius 2 is 2.26 bits per heavy atom. The summed E-state index contributed by atoms with van der Waals surface area (Å²) >= 11 is 0. The van der Waals surface area contributed by atoms with Gasteiger partial charge in [-0.15, -0.1) is 12.3 Å². The molecule has 3 heteroatoms. The van der Waals surface area contributed by atoms with Crippen LogP contribution < -0.4 is 10.1 Å². The number of hydrogen-bond acceptors (Lipinski definition) is 3. The SMILES string of the molecule is C#CCCCCNCc1cc2cccc(OC)c2o1. The van der Waals surface area contributed by atoms with Gasteiger partial charge in [0.05, 0.1) is 13.7 Å². The van der Waals surface area contributed by atoms with E-state index in [4.69, 9.17) is 15.6 Å². The third kappa shape index (κ3) is 3.52. The summed E-state index contributed by atoms with van der Waals surface area (Å²) in [7, 11) is 1.65. The van der Waals surface area contributed by atoms with Gasteiger partial charge in [-0.3, -0.25) is 0 Å². The van der Waals surface area contributed by atoms with Crippen molar-refractivity contribution in [2.45, 2.75) is 25.8 Å². The van der Waals surface area contributed by atoms with E-state index in [1.165, 1.54) is 0 Å². The minimum atomic E-state index is 0.730. The van der Waals surface area contributed by atoms with Crippen LogP contribution in [0.2, 0.25) is 0 Å². The fourth-order valence-electron chi connectivity index (χ4n) is 2.03. The topological polar surface area (TPSA) is 34.4 Å². The molecule has 2 aromatic rings. The average Bonchev–Trinajstić information content (AvgIpc) is 2.85. The summed E-state index contributed by atoms with van der Waals surface area (Å²) < 4.78 is 11.1. The molecule has 100 valence electrons. The van der Waals surface area contributed by atoms with E-state index in [0.29, 0.717) is 0 Å². The molecule has 0 bridgehead atoms. The minimum absolute atomic E-state index is 0.730. The molecule has 0 saturated heterocycles. The van der Waals surface area contributed by atoms with Crippen molar-refractivity contribution in [3.05, 3.63) is 30.0 Å². The quantitative estimate of drug-likeness (QED) is 0.610. The smallest absolute Gasteiger partial charge is 0.176 e. The summed E-state index contributed by atoms with van der Waals surface area (Å²) in [5.74, 6) is 4.35. The number of methoxy groups -OCH3 is 1. The maximum absolute atomic E-state index is 5.80. The fourth-order valence-corrected chi connectivity index (χ4v) is 2.03. The second kappa shape index (κ2) is 6.86. The molecule has 1 N–H and O–H groups in total. The predicted molar refractivity (Wildman–Crippen MR) is 77.2 cm³/mol. The highest BCUT2D eigenvalue weighted by Gasteiger charge is 2.07. The molecule has 1 heterocycles. The molecule has 0 radical (unpaired) electrons. The van der Waals surface area contributed by atoms with Gasteiger partial charge in [0.2, 0.25) is 0 Å². The largest absolute Gasteiger partial charge is 0.493 e. The number of benzene rings is 1. The van der Waals surface area contributed by atoms with E-state index in [2.05, 4.69) is 11.2 Å². The zero-order valence-corrected chi connectivity index (χ0v) is 11.2.